The number of imide groups is 1. The lowest BCUT2D eigenvalue weighted by Gasteiger charge is -2.41. The van der Waals surface area contributed by atoms with Gasteiger partial charge >= 0.3 is 0 Å². The van der Waals surface area contributed by atoms with Crippen LogP contribution < -0.4 is 0 Å². The van der Waals surface area contributed by atoms with Gasteiger partial charge in [-0.3, -0.25) is 19.3 Å². The van der Waals surface area contributed by atoms with Crippen molar-refractivity contribution in [3.05, 3.63) is 47.8 Å². The summed E-state index contributed by atoms with van der Waals surface area (Å²) < 4.78 is 1.80. The summed E-state index contributed by atoms with van der Waals surface area (Å²) in [4.78, 5) is 41.2. The summed E-state index contributed by atoms with van der Waals surface area (Å²) in [5, 5.41) is 4.44. The number of carbonyl (C=O) groups excluding carboxylic acids is 3. The molecule has 0 spiro atoms. The van der Waals surface area contributed by atoms with Crippen LogP contribution in [0, 0.1) is 6.92 Å². The molecule has 3 aliphatic heterocycles. The number of rotatable bonds is 3. The van der Waals surface area contributed by atoms with Crippen LogP contribution in [0.1, 0.15) is 54.6 Å². The van der Waals surface area contributed by atoms with Crippen molar-refractivity contribution >= 4 is 17.7 Å². The van der Waals surface area contributed by atoms with E-state index in [0.717, 1.165) is 24.2 Å². The van der Waals surface area contributed by atoms with Crippen LogP contribution in [-0.2, 0) is 9.59 Å². The lowest BCUT2D eigenvalue weighted by Crippen LogP contribution is -2.53. The normalized spacial score (nSPS) is 26.4. The molecule has 0 saturated carbocycles. The third-order valence-electron chi connectivity index (χ3n) is 6.64. The molecule has 2 aromatic rings. The van der Waals surface area contributed by atoms with Crippen molar-refractivity contribution < 1.29 is 14.4 Å². The summed E-state index contributed by atoms with van der Waals surface area (Å²) in [6.07, 6.45) is 5.53. The van der Waals surface area contributed by atoms with Gasteiger partial charge in [0.15, 0.2) is 0 Å². The lowest BCUT2D eigenvalue weighted by atomic mass is 9.95. The van der Waals surface area contributed by atoms with Crippen LogP contribution >= 0.6 is 0 Å². The van der Waals surface area contributed by atoms with E-state index in [1.807, 2.05) is 42.2 Å². The van der Waals surface area contributed by atoms with E-state index < -0.39 is 0 Å². The molecule has 1 aromatic carbocycles. The second-order valence-electron chi connectivity index (χ2n) is 8.27. The topological polar surface area (TPSA) is 75.5 Å². The van der Waals surface area contributed by atoms with E-state index in [-0.39, 0.29) is 35.8 Å². The van der Waals surface area contributed by atoms with Crippen molar-refractivity contribution in [1.29, 1.82) is 0 Å². The van der Waals surface area contributed by atoms with Gasteiger partial charge < -0.3 is 4.90 Å². The van der Waals surface area contributed by atoms with E-state index in [9.17, 15) is 14.4 Å². The number of fused-ring (bicyclic) bond motifs is 2. The van der Waals surface area contributed by atoms with Gasteiger partial charge in [0.05, 0.1) is 23.1 Å². The first-order valence-corrected chi connectivity index (χ1v) is 10.3. The number of aromatic nitrogens is 2. The summed E-state index contributed by atoms with van der Waals surface area (Å²) in [5.74, 6) is -0.104. The fourth-order valence-electron chi connectivity index (χ4n) is 5.28. The van der Waals surface area contributed by atoms with Crippen LogP contribution in [0.15, 0.2) is 36.5 Å². The van der Waals surface area contributed by atoms with E-state index in [0.29, 0.717) is 31.2 Å². The van der Waals surface area contributed by atoms with E-state index in [1.54, 1.807) is 10.9 Å². The quantitative estimate of drug-likeness (QED) is 0.752. The van der Waals surface area contributed by atoms with Crippen LogP contribution in [-0.4, -0.2) is 55.4 Å². The van der Waals surface area contributed by atoms with Gasteiger partial charge in [-0.2, -0.15) is 5.10 Å². The Balaban J connectivity index is 1.38. The minimum Gasteiger partial charge on any atom is -0.332 e. The molecular formula is C22H24N4O3. The van der Waals surface area contributed by atoms with Crippen LogP contribution in [0.5, 0.6) is 0 Å². The first-order chi connectivity index (χ1) is 14.0. The molecule has 7 nitrogen and oxygen atoms in total. The second kappa shape index (κ2) is 6.83. The predicted molar refractivity (Wildman–Crippen MR) is 105 cm³/mol. The van der Waals surface area contributed by atoms with E-state index in [2.05, 4.69) is 5.10 Å². The lowest BCUT2D eigenvalue weighted by molar-refractivity contribution is -0.142. The molecule has 5 rings (SSSR count). The fourth-order valence-corrected chi connectivity index (χ4v) is 5.28. The highest BCUT2D eigenvalue weighted by atomic mass is 16.2. The number of likely N-dealkylation sites (tertiary alicyclic amines) is 1. The Morgan fingerprint density at radius 3 is 2.21 bits per heavy atom. The largest absolute Gasteiger partial charge is 0.332 e. The Morgan fingerprint density at radius 1 is 0.966 bits per heavy atom. The molecule has 0 aliphatic carbocycles. The Bertz CT molecular complexity index is 953. The summed E-state index contributed by atoms with van der Waals surface area (Å²) >= 11 is 0. The molecule has 3 amide bonds. The Labute approximate surface area is 169 Å². The van der Waals surface area contributed by atoms with Gasteiger partial charge in [-0.25, -0.2) is 4.68 Å². The van der Waals surface area contributed by atoms with Crippen molar-refractivity contribution in [2.24, 2.45) is 0 Å². The molecule has 150 valence electrons. The van der Waals surface area contributed by atoms with E-state index in [4.69, 9.17) is 0 Å². The molecule has 3 fully saturated rings. The maximum atomic E-state index is 13.4. The van der Waals surface area contributed by atoms with E-state index in [1.165, 1.54) is 4.90 Å². The monoisotopic (exact) mass is 392 g/mol. The van der Waals surface area contributed by atoms with Gasteiger partial charge in [-0.15, -0.1) is 0 Å². The van der Waals surface area contributed by atoms with Gasteiger partial charge in [0.25, 0.3) is 5.91 Å². The van der Waals surface area contributed by atoms with E-state index >= 15 is 0 Å². The number of carbonyl (C=O) groups is 3. The molecule has 4 heterocycles. The summed E-state index contributed by atoms with van der Waals surface area (Å²) in [5.41, 5.74) is 2.38. The zero-order valence-corrected chi connectivity index (χ0v) is 16.5. The number of benzene rings is 1. The van der Waals surface area contributed by atoms with Crippen molar-refractivity contribution in [3.8, 4) is 5.69 Å². The number of hydrogen-bond donors (Lipinski definition) is 0. The smallest absolute Gasteiger partial charge is 0.257 e. The SMILES string of the molecule is Cc1c(C(=O)N2C3CCC2CC(N2C(=O)CCC2=O)C3)cnn1-c1ccccc1. The summed E-state index contributed by atoms with van der Waals surface area (Å²) in [6.45, 7) is 1.92. The van der Waals surface area contributed by atoms with Gasteiger partial charge in [-0.1, -0.05) is 18.2 Å². The molecule has 2 bridgehead atoms. The van der Waals surface area contributed by atoms with Gasteiger partial charge in [-0.05, 0) is 44.7 Å². The Kier molecular flexibility index (Phi) is 4.26. The minimum atomic E-state index is -0.0628. The first-order valence-electron chi connectivity index (χ1n) is 10.3. The highest BCUT2D eigenvalue weighted by Crippen LogP contribution is 2.40. The molecule has 3 saturated heterocycles. The third kappa shape index (κ3) is 2.87. The molecule has 29 heavy (non-hydrogen) atoms. The molecule has 7 heteroatoms. The molecule has 3 aliphatic rings. The molecular weight excluding hydrogens is 368 g/mol. The maximum Gasteiger partial charge on any atom is 0.257 e. The minimum absolute atomic E-state index is 0.00899. The Morgan fingerprint density at radius 2 is 1.59 bits per heavy atom. The number of para-hydroxylation sites is 1. The molecule has 0 radical (unpaired) electrons. The summed E-state index contributed by atoms with van der Waals surface area (Å²) in [6, 6.07) is 9.87. The summed E-state index contributed by atoms with van der Waals surface area (Å²) in [7, 11) is 0. The van der Waals surface area contributed by atoms with Crippen molar-refractivity contribution in [2.75, 3.05) is 0 Å². The molecule has 2 unspecified atom stereocenters. The fraction of sp³-hybridized carbons (Fsp3) is 0.455. The van der Waals surface area contributed by atoms with Crippen molar-refractivity contribution in [3.63, 3.8) is 0 Å². The number of nitrogens with zero attached hydrogens (tertiary/aromatic N) is 4. The van der Waals surface area contributed by atoms with Gasteiger partial charge in [0.2, 0.25) is 11.8 Å². The van der Waals surface area contributed by atoms with Crippen LogP contribution in [0.2, 0.25) is 0 Å². The first kappa shape index (κ1) is 18.1. The van der Waals surface area contributed by atoms with Gasteiger partial charge in [0, 0.05) is 31.0 Å². The van der Waals surface area contributed by atoms with Crippen LogP contribution in [0.25, 0.3) is 5.69 Å². The highest BCUT2D eigenvalue weighted by Gasteiger charge is 2.48. The van der Waals surface area contributed by atoms with Crippen molar-refractivity contribution in [1.82, 2.24) is 19.6 Å². The van der Waals surface area contributed by atoms with Crippen LogP contribution in [0.3, 0.4) is 0 Å². The third-order valence-corrected chi connectivity index (χ3v) is 6.64. The molecule has 1 aromatic heterocycles. The number of amides is 3. The number of piperidine rings is 1. The maximum absolute atomic E-state index is 13.4. The number of hydrogen-bond acceptors (Lipinski definition) is 4. The van der Waals surface area contributed by atoms with Crippen molar-refractivity contribution in [2.45, 2.75) is 63.6 Å². The second-order valence-corrected chi connectivity index (χ2v) is 8.27. The highest BCUT2D eigenvalue weighted by molar-refractivity contribution is 6.02. The zero-order chi connectivity index (χ0) is 20.1. The Hall–Kier alpha value is -2.96. The molecule has 2 atom stereocenters. The standard InChI is InChI=1S/C22H24N4O3/c1-14-19(13-23-26(14)15-5-3-2-4-6-15)22(29)24-16-7-8-17(24)12-18(11-16)25-20(27)9-10-21(25)28/h2-6,13,16-18H,7-12H2,1H3. The average molecular weight is 392 g/mol. The van der Waals surface area contributed by atoms with Crippen LogP contribution in [0.4, 0.5) is 0 Å². The van der Waals surface area contributed by atoms with Gasteiger partial charge in [0.1, 0.15) is 0 Å². The zero-order valence-electron chi connectivity index (χ0n) is 16.5. The molecule has 0 N–H and O–H groups in total. The average Bonchev–Trinajstić information content (AvgIpc) is 3.35. The predicted octanol–water partition coefficient (Wildman–Crippen LogP) is 2.47.